The Balaban J connectivity index is 1.24. The number of aromatic nitrogens is 1. The Kier molecular flexibility index (Phi) is 12.0. The van der Waals surface area contributed by atoms with Crippen molar-refractivity contribution in [3.05, 3.63) is 66.0 Å². The summed E-state index contributed by atoms with van der Waals surface area (Å²) < 4.78 is 40.8. The van der Waals surface area contributed by atoms with Crippen molar-refractivity contribution in [2.24, 2.45) is 17.8 Å². The summed E-state index contributed by atoms with van der Waals surface area (Å²) in [6, 6.07) is 5.92. The highest BCUT2D eigenvalue weighted by atomic mass is 19.3. The number of ether oxygens (including phenoxy) is 2. The monoisotopic (exact) mass is 685 g/mol. The predicted molar refractivity (Wildman–Crippen MR) is 182 cm³/mol. The van der Waals surface area contributed by atoms with Crippen LogP contribution in [0.2, 0.25) is 0 Å². The van der Waals surface area contributed by atoms with Crippen LogP contribution in [0, 0.1) is 17.8 Å². The quantitative estimate of drug-likeness (QED) is 0.212. The van der Waals surface area contributed by atoms with Gasteiger partial charge in [-0.1, -0.05) is 44.2 Å². The van der Waals surface area contributed by atoms with E-state index in [2.05, 4.69) is 9.88 Å². The average Bonchev–Trinajstić information content (AvgIpc) is 3.21. The molecular formula is C38H53F2N3O6. The van der Waals surface area contributed by atoms with Gasteiger partial charge in [-0.25, -0.2) is 13.6 Å². The second-order valence-electron chi connectivity index (χ2n) is 14.9. The number of halogens is 2. The van der Waals surface area contributed by atoms with E-state index in [4.69, 9.17) is 9.47 Å². The number of rotatable bonds is 6. The van der Waals surface area contributed by atoms with Gasteiger partial charge in [-0.15, -0.1) is 0 Å². The molecule has 8 atom stereocenters. The Bertz CT molecular complexity index is 1360. The maximum atomic E-state index is 14.5. The van der Waals surface area contributed by atoms with E-state index in [1.807, 2.05) is 57.2 Å². The molecule has 0 aromatic carbocycles. The van der Waals surface area contributed by atoms with E-state index in [1.165, 1.54) is 0 Å². The van der Waals surface area contributed by atoms with Crippen LogP contribution in [0.15, 0.2) is 60.3 Å². The van der Waals surface area contributed by atoms with Crippen LogP contribution in [0.5, 0.6) is 0 Å². The normalized spacial score (nSPS) is 34.9. The number of piperidine rings is 2. The molecule has 11 heteroatoms. The van der Waals surface area contributed by atoms with Crippen molar-refractivity contribution < 1.29 is 38.1 Å². The van der Waals surface area contributed by atoms with Gasteiger partial charge in [0.2, 0.25) is 0 Å². The molecule has 3 aliphatic heterocycles. The van der Waals surface area contributed by atoms with Crippen LogP contribution in [-0.2, 0) is 14.3 Å². The predicted octanol–water partition coefficient (Wildman–Crippen LogP) is 6.03. The van der Waals surface area contributed by atoms with Crippen molar-refractivity contribution in [1.82, 2.24) is 14.8 Å². The number of aliphatic hydroxyl groups is 2. The molecule has 49 heavy (non-hydrogen) atoms. The maximum absolute atomic E-state index is 14.5. The van der Waals surface area contributed by atoms with E-state index in [0.29, 0.717) is 51.9 Å². The fourth-order valence-corrected chi connectivity index (χ4v) is 7.75. The summed E-state index contributed by atoms with van der Waals surface area (Å²) in [4.78, 5) is 34.5. The highest BCUT2D eigenvalue weighted by Gasteiger charge is 2.56. The smallest absolute Gasteiger partial charge is 0.410 e. The molecule has 5 rings (SSSR count). The van der Waals surface area contributed by atoms with Gasteiger partial charge in [0.25, 0.3) is 5.92 Å². The Morgan fingerprint density at radius 2 is 1.82 bits per heavy atom. The maximum Gasteiger partial charge on any atom is 0.410 e. The van der Waals surface area contributed by atoms with Crippen LogP contribution >= 0.6 is 0 Å². The van der Waals surface area contributed by atoms with Crippen molar-refractivity contribution in [3.8, 4) is 0 Å². The SMILES string of the molecule is C/C(=C\C=C\C(C)c1ccccn1)[C@H]1OC(=O)C[C@@H](O)CC[C@](C)(O)[C@@H](OC(=O)N2CCC(N3CC4CCC(C3)C4(F)F)CC2)/C=C/[C@@H]1C. The van der Waals surface area contributed by atoms with Gasteiger partial charge in [0.15, 0.2) is 6.10 Å². The van der Waals surface area contributed by atoms with E-state index in [-0.39, 0.29) is 37.1 Å². The Hall–Kier alpha value is -3.15. The molecule has 3 unspecified atom stereocenters. The van der Waals surface area contributed by atoms with E-state index in [1.54, 1.807) is 30.2 Å². The van der Waals surface area contributed by atoms with Crippen molar-refractivity contribution in [1.29, 1.82) is 0 Å². The second kappa shape index (κ2) is 15.8. The molecule has 1 saturated carbocycles. The molecule has 3 fully saturated rings. The number of allylic oxidation sites excluding steroid dienone is 3. The van der Waals surface area contributed by atoms with Crippen molar-refractivity contribution in [3.63, 3.8) is 0 Å². The highest BCUT2D eigenvalue weighted by molar-refractivity contribution is 5.70. The van der Waals surface area contributed by atoms with E-state index in [9.17, 15) is 28.6 Å². The lowest BCUT2D eigenvalue weighted by Gasteiger charge is -2.44. The minimum absolute atomic E-state index is 0.0768. The van der Waals surface area contributed by atoms with Gasteiger partial charge >= 0.3 is 12.1 Å². The molecule has 0 radical (unpaired) electrons. The third-order valence-corrected chi connectivity index (χ3v) is 11.0. The number of hydrogen-bond acceptors (Lipinski definition) is 8. The summed E-state index contributed by atoms with van der Waals surface area (Å²) in [6.07, 6.45) is 10.2. The third-order valence-electron chi connectivity index (χ3n) is 11.0. The molecule has 1 aromatic rings. The number of nitrogens with zero attached hydrogens (tertiary/aromatic N) is 3. The molecule has 4 aliphatic rings. The molecule has 2 N–H and O–H groups in total. The molecule has 2 bridgehead atoms. The Labute approximate surface area is 289 Å². The first kappa shape index (κ1) is 37.1. The number of aliphatic hydroxyl groups excluding tert-OH is 1. The molecule has 9 nitrogen and oxygen atoms in total. The van der Waals surface area contributed by atoms with Crippen LogP contribution in [0.3, 0.4) is 0 Å². The molecular weight excluding hydrogens is 632 g/mol. The zero-order valence-corrected chi connectivity index (χ0v) is 29.2. The van der Waals surface area contributed by atoms with Crippen molar-refractivity contribution in [2.75, 3.05) is 26.2 Å². The molecule has 270 valence electrons. The summed E-state index contributed by atoms with van der Waals surface area (Å²) in [5.74, 6) is -4.53. The molecule has 4 heterocycles. The van der Waals surface area contributed by atoms with Gasteiger partial charge in [-0.3, -0.25) is 14.7 Å². The van der Waals surface area contributed by atoms with Gasteiger partial charge in [-0.05, 0) is 76.2 Å². The zero-order valence-electron chi connectivity index (χ0n) is 29.2. The Morgan fingerprint density at radius 1 is 1.12 bits per heavy atom. The second-order valence-corrected chi connectivity index (χ2v) is 14.9. The van der Waals surface area contributed by atoms with Crippen LogP contribution < -0.4 is 0 Å². The minimum Gasteiger partial charge on any atom is -0.457 e. The molecule has 1 amide bonds. The first-order chi connectivity index (χ1) is 23.2. The van der Waals surface area contributed by atoms with E-state index < -0.39 is 53.7 Å². The standard InChI is InChI=1S/C38H53F2N3O6/c1-25(32-10-5-6-19-41-32)8-7-9-26(2)35-27(3)11-14-33(37(4,47)18-15-31(44)22-34(45)49-35)48-36(46)42-20-16-30(17-21-42)43-23-28-12-13-29(24-43)38(28,39)40/h5-11,14,19,25,27-31,33,35,44,47H,12-13,15-18,20-24H2,1-4H3/b8-7+,14-11+,26-9+/t25?,27-,28?,29?,31-,33-,35+,37-/m0/s1. The molecule has 0 spiro atoms. The van der Waals surface area contributed by atoms with Crippen LogP contribution in [0.4, 0.5) is 13.6 Å². The lowest BCUT2D eigenvalue weighted by molar-refractivity contribution is -0.151. The van der Waals surface area contributed by atoms with Gasteiger partial charge in [0.1, 0.15) is 11.7 Å². The van der Waals surface area contributed by atoms with Gasteiger partial charge in [0.05, 0.1) is 12.5 Å². The van der Waals surface area contributed by atoms with E-state index in [0.717, 1.165) is 11.3 Å². The highest BCUT2D eigenvalue weighted by Crippen LogP contribution is 2.49. The minimum atomic E-state index is -2.57. The number of pyridine rings is 1. The third kappa shape index (κ3) is 9.15. The molecule has 1 aromatic heterocycles. The van der Waals surface area contributed by atoms with Crippen LogP contribution in [0.25, 0.3) is 0 Å². The van der Waals surface area contributed by atoms with Gasteiger partial charge in [0, 0.05) is 67.8 Å². The fourth-order valence-electron chi connectivity index (χ4n) is 7.75. The number of esters is 1. The number of cyclic esters (lactones) is 1. The largest absolute Gasteiger partial charge is 0.457 e. The number of alkyl halides is 2. The van der Waals surface area contributed by atoms with Crippen LogP contribution in [-0.4, -0.2) is 99.1 Å². The van der Waals surface area contributed by atoms with Crippen LogP contribution in [0.1, 0.15) is 84.3 Å². The first-order valence-electron chi connectivity index (χ1n) is 17.9. The lowest BCUT2D eigenvalue weighted by atomic mass is 9.88. The number of amides is 1. The van der Waals surface area contributed by atoms with Gasteiger partial charge < -0.3 is 24.6 Å². The zero-order chi connectivity index (χ0) is 35.3. The summed E-state index contributed by atoms with van der Waals surface area (Å²) in [6.45, 7) is 9.06. The number of likely N-dealkylation sites (tertiary alicyclic amines) is 2. The summed E-state index contributed by atoms with van der Waals surface area (Å²) in [5, 5.41) is 22.2. The number of carbonyl (C=O) groups excluding carboxylic acids is 2. The van der Waals surface area contributed by atoms with Crippen molar-refractivity contribution >= 4 is 12.1 Å². The summed E-state index contributed by atoms with van der Waals surface area (Å²) in [5.41, 5.74) is 0.206. The molecule has 1 aliphatic carbocycles. The number of fused-ring (bicyclic) bond motifs is 2. The van der Waals surface area contributed by atoms with E-state index >= 15 is 0 Å². The summed E-state index contributed by atoms with van der Waals surface area (Å²) in [7, 11) is 0. The number of carbonyl (C=O) groups is 2. The molecule has 2 saturated heterocycles. The fraction of sp³-hybridized carbons (Fsp3) is 0.658. The summed E-state index contributed by atoms with van der Waals surface area (Å²) >= 11 is 0. The van der Waals surface area contributed by atoms with Gasteiger partial charge in [-0.2, -0.15) is 0 Å². The number of hydrogen-bond donors (Lipinski definition) is 2. The lowest BCUT2D eigenvalue weighted by Crippen LogP contribution is -2.55. The Morgan fingerprint density at radius 3 is 2.47 bits per heavy atom. The first-order valence-corrected chi connectivity index (χ1v) is 17.9. The topological polar surface area (TPSA) is 112 Å². The average molecular weight is 686 g/mol. The van der Waals surface area contributed by atoms with Crippen molar-refractivity contribution in [2.45, 2.75) is 114 Å².